The van der Waals surface area contributed by atoms with E-state index < -0.39 is 0 Å². The van der Waals surface area contributed by atoms with E-state index >= 15 is 0 Å². The molecule has 24 heavy (non-hydrogen) atoms. The number of methoxy groups -OCH3 is 1. The fraction of sp³-hybridized carbons (Fsp3) is 0.176. The highest BCUT2D eigenvalue weighted by Crippen LogP contribution is 2.31. The first-order valence-corrected chi connectivity index (χ1v) is 8.36. The van der Waals surface area contributed by atoms with E-state index in [2.05, 4.69) is 0 Å². The number of rotatable bonds is 4. The minimum absolute atomic E-state index is 0.0878. The monoisotopic (exact) mass is 380 g/mol. The molecule has 0 bridgehead atoms. The van der Waals surface area contributed by atoms with Crippen LogP contribution in [0.5, 0.6) is 5.75 Å². The van der Waals surface area contributed by atoms with Crippen LogP contribution < -0.4 is 9.64 Å². The fourth-order valence-corrected chi connectivity index (χ4v) is 3.25. The zero-order valence-electron chi connectivity index (χ0n) is 12.8. The van der Waals surface area contributed by atoms with Crippen molar-refractivity contribution in [2.75, 3.05) is 18.6 Å². The molecule has 4 nitrogen and oxygen atoms in total. The van der Waals surface area contributed by atoms with Gasteiger partial charge in [-0.15, -0.1) is 0 Å². The first-order chi connectivity index (χ1) is 11.5. The second-order valence-corrected chi connectivity index (χ2v) is 6.52. The van der Waals surface area contributed by atoms with Gasteiger partial charge in [-0.05, 0) is 48.1 Å². The number of carbonyl (C=O) groups excluding carboxylic acids is 1. The molecule has 1 heterocycles. The van der Waals surface area contributed by atoms with E-state index in [4.69, 9.17) is 40.2 Å². The molecule has 0 atom stereocenters. The number of ether oxygens (including phenoxy) is 1. The maximum atomic E-state index is 12.4. The maximum absolute atomic E-state index is 12.4. The van der Waals surface area contributed by atoms with Crippen LogP contribution in [0.3, 0.4) is 0 Å². The molecule has 0 radical (unpaired) electrons. The molecule has 0 N–H and O–H groups in total. The van der Waals surface area contributed by atoms with Crippen LogP contribution in [0.25, 0.3) is 0 Å². The zero-order valence-corrected chi connectivity index (χ0v) is 15.2. The van der Waals surface area contributed by atoms with Gasteiger partial charge < -0.3 is 9.64 Å². The second kappa shape index (κ2) is 6.97. The van der Waals surface area contributed by atoms with Crippen molar-refractivity contribution in [2.45, 2.75) is 6.54 Å². The van der Waals surface area contributed by atoms with Crippen molar-refractivity contribution in [3.05, 3.63) is 58.1 Å². The number of benzene rings is 2. The molecule has 1 fully saturated rings. The van der Waals surface area contributed by atoms with E-state index in [0.717, 1.165) is 5.56 Å². The lowest BCUT2D eigenvalue weighted by atomic mass is 10.2. The molecule has 124 valence electrons. The van der Waals surface area contributed by atoms with E-state index in [9.17, 15) is 4.79 Å². The van der Waals surface area contributed by atoms with Crippen molar-refractivity contribution in [1.82, 2.24) is 4.90 Å². The van der Waals surface area contributed by atoms with Gasteiger partial charge in [0.2, 0.25) is 0 Å². The summed E-state index contributed by atoms with van der Waals surface area (Å²) in [6, 6.07) is 12.6. The molecule has 1 amide bonds. The number of thiocarbonyl (C=S) groups is 1. The van der Waals surface area contributed by atoms with Gasteiger partial charge in [-0.3, -0.25) is 9.69 Å². The largest absolute Gasteiger partial charge is 0.495 e. The highest BCUT2D eigenvalue weighted by molar-refractivity contribution is 7.80. The average Bonchev–Trinajstić information content (AvgIpc) is 2.83. The van der Waals surface area contributed by atoms with Gasteiger partial charge in [0.05, 0.1) is 17.8 Å². The van der Waals surface area contributed by atoms with Crippen LogP contribution >= 0.6 is 35.4 Å². The molecule has 1 aliphatic rings. The zero-order chi connectivity index (χ0) is 17.3. The van der Waals surface area contributed by atoms with Gasteiger partial charge in [-0.2, -0.15) is 0 Å². The number of halogens is 2. The van der Waals surface area contributed by atoms with Crippen molar-refractivity contribution in [2.24, 2.45) is 0 Å². The molecule has 3 rings (SSSR count). The van der Waals surface area contributed by atoms with Gasteiger partial charge in [-0.25, -0.2) is 0 Å². The van der Waals surface area contributed by atoms with E-state index in [1.807, 2.05) is 29.2 Å². The van der Waals surface area contributed by atoms with Crippen molar-refractivity contribution < 1.29 is 9.53 Å². The summed E-state index contributed by atoms with van der Waals surface area (Å²) in [5.74, 6) is 0.464. The number of carbonyl (C=O) groups is 1. The third kappa shape index (κ3) is 3.34. The molecule has 0 spiro atoms. The third-order valence-electron chi connectivity index (χ3n) is 3.72. The minimum atomic E-state index is -0.0878. The predicted molar refractivity (Wildman–Crippen MR) is 100.0 cm³/mol. The Morgan fingerprint density at radius 3 is 2.50 bits per heavy atom. The van der Waals surface area contributed by atoms with Gasteiger partial charge in [0.25, 0.3) is 5.91 Å². The molecule has 2 aromatic carbocycles. The summed E-state index contributed by atoms with van der Waals surface area (Å²) in [6.07, 6.45) is 0. The smallest absolute Gasteiger partial charge is 0.252 e. The molecular weight excluding hydrogens is 367 g/mol. The van der Waals surface area contributed by atoms with Crippen molar-refractivity contribution in [1.29, 1.82) is 0 Å². The standard InChI is InChI=1S/C17H14Cl2N2O2S/c1-23-15-7-6-13(8-14(15)19)21-16(22)10-20(17(21)24)9-11-2-4-12(18)5-3-11/h2-8H,9-10H2,1H3. The third-order valence-corrected chi connectivity index (χ3v) is 4.71. The Bertz CT molecular complexity index is 796. The number of nitrogens with zero attached hydrogens (tertiary/aromatic N) is 2. The fourth-order valence-electron chi connectivity index (χ4n) is 2.53. The van der Waals surface area contributed by atoms with Crippen LogP contribution in [0.1, 0.15) is 5.56 Å². The molecule has 0 unspecified atom stereocenters. The van der Waals surface area contributed by atoms with E-state index in [0.29, 0.717) is 33.1 Å². The molecule has 0 aromatic heterocycles. The number of anilines is 1. The number of hydrogen-bond acceptors (Lipinski definition) is 3. The van der Waals surface area contributed by atoms with Crippen LogP contribution in [0.2, 0.25) is 10.0 Å². The molecule has 2 aromatic rings. The van der Waals surface area contributed by atoms with Crippen molar-refractivity contribution in [3.8, 4) is 5.75 Å². The molecule has 1 aliphatic heterocycles. The Morgan fingerprint density at radius 1 is 1.17 bits per heavy atom. The van der Waals surface area contributed by atoms with Crippen LogP contribution in [-0.4, -0.2) is 29.6 Å². The van der Waals surface area contributed by atoms with Crippen LogP contribution in [-0.2, 0) is 11.3 Å². The molecule has 0 saturated carbocycles. The van der Waals surface area contributed by atoms with Gasteiger partial charge >= 0.3 is 0 Å². The Hall–Kier alpha value is -1.82. The normalized spacial score (nSPS) is 14.5. The molecule has 0 aliphatic carbocycles. The maximum Gasteiger partial charge on any atom is 0.252 e. The SMILES string of the molecule is COc1ccc(N2C(=O)CN(Cc3ccc(Cl)cc3)C2=S)cc1Cl. The van der Waals surface area contributed by atoms with Crippen molar-refractivity contribution >= 4 is 52.1 Å². The van der Waals surface area contributed by atoms with E-state index in [1.54, 1.807) is 25.3 Å². The second-order valence-electron chi connectivity index (χ2n) is 5.31. The van der Waals surface area contributed by atoms with Crippen LogP contribution in [0, 0.1) is 0 Å². The topological polar surface area (TPSA) is 32.8 Å². The molecule has 1 saturated heterocycles. The van der Waals surface area contributed by atoms with E-state index in [1.165, 1.54) is 4.90 Å². The number of amides is 1. The summed E-state index contributed by atoms with van der Waals surface area (Å²) in [6.45, 7) is 0.771. The quantitative estimate of drug-likeness (QED) is 0.746. The lowest BCUT2D eigenvalue weighted by Gasteiger charge is -2.21. The summed E-state index contributed by atoms with van der Waals surface area (Å²) in [4.78, 5) is 15.7. The van der Waals surface area contributed by atoms with Crippen molar-refractivity contribution in [3.63, 3.8) is 0 Å². The Kier molecular flexibility index (Phi) is 4.94. The van der Waals surface area contributed by atoms with Crippen LogP contribution in [0.4, 0.5) is 5.69 Å². The number of hydrogen-bond donors (Lipinski definition) is 0. The first-order valence-electron chi connectivity index (χ1n) is 7.19. The molecular formula is C17H14Cl2N2O2S. The highest BCUT2D eigenvalue weighted by atomic mass is 35.5. The van der Waals surface area contributed by atoms with Gasteiger partial charge in [0.1, 0.15) is 12.3 Å². The minimum Gasteiger partial charge on any atom is -0.495 e. The summed E-state index contributed by atoms with van der Waals surface area (Å²) >= 11 is 17.5. The van der Waals surface area contributed by atoms with Crippen LogP contribution in [0.15, 0.2) is 42.5 Å². The summed E-state index contributed by atoms with van der Waals surface area (Å²) in [5, 5.41) is 1.56. The van der Waals surface area contributed by atoms with Gasteiger partial charge in [0.15, 0.2) is 5.11 Å². The molecule has 7 heteroatoms. The highest BCUT2D eigenvalue weighted by Gasteiger charge is 2.34. The Morgan fingerprint density at radius 2 is 1.88 bits per heavy atom. The predicted octanol–water partition coefficient (Wildman–Crippen LogP) is 4.14. The summed E-state index contributed by atoms with van der Waals surface area (Å²) in [7, 11) is 1.54. The Labute approximate surface area is 155 Å². The van der Waals surface area contributed by atoms with Gasteiger partial charge in [0, 0.05) is 11.6 Å². The van der Waals surface area contributed by atoms with Gasteiger partial charge in [-0.1, -0.05) is 35.3 Å². The lowest BCUT2D eigenvalue weighted by Crippen LogP contribution is -2.32. The lowest BCUT2D eigenvalue weighted by molar-refractivity contribution is -0.116. The Balaban J connectivity index is 1.81. The average molecular weight is 381 g/mol. The van der Waals surface area contributed by atoms with E-state index in [-0.39, 0.29) is 12.5 Å². The first kappa shape index (κ1) is 17.0. The summed E-state index contributed by atoms with van der Waals surface area (Å²) < 4.78 is 5.14. The summed E-state index contributed by atoms with van der Waals surface area (Å²) in [5.41, 5.74) is 1.67.